The lowest BCUT2D eigenvalue weighted by molar-refractivity contribution is -0.0500. The molecule has 1 fully saturated rings. The van der Waals surface area contributed by atoms with Gasteiger partial charge in [-0.25, -0.2) is 13.2 Å². The molecule has 2 nitrogen and oxygen atoms in total. The summed E-state index contributed by atoms with van der Waals surface area (Å²) in [4.78, 5) is 0. The Morgan fingerprint density at radius 1 is 1.43 bits per heavy atom. The fourth-order valence-corrected chi connectivity index (χ4v) is 4.10. The second-order valence-electron chi connectivity index (χ2n) is 3.57. The van der Waals surface area contributed by atoms with Crippen molar-refractivity contribution in [3.05, 3.63) is 0 Å². The molecule has 14 heavy (non-hydrogen) atoms. The Morgan fingerprint density at radius 2 is 2.07 bits per heavy atom. The Balaban J connectivity index is 0.00000169. The zero-order chi connectivity index (χ0) is 9.90. The summed E-state index contributed by atoms with van der Waals surface area (Å²) >= 11 is 0. The molecule has 1 aliphatic rings. The van der Waals surface area contributed by atoms with Gasteiger partial charge < -0.3 is 10.6 Å². The van der Waals surface area contributed by atoms with E-state index in [2.05, 4.69) is 0 Å². The molecule has 0 bridgehead atoms. The molecule has 0 saturated carbocycles. The third-order valence-electron chi connectivity index (χ3n) is 2.36. The van der Waals surface area contributed by atoms with Crippen molar-refractivity contribution in [3.63, 3.8) is 0 Å². The van der Waals surface area contributed by atoms with Crippen LogP contribution in [0.1, 0.15) is 19.8 Å². The Kier molecular flexibility index (Phi) is 5.69. The number of halogens is 3. The van der Waals surface area contributed by atoms with E-state index in [1.807, 2.05) is 0 Å². The average molecular weight is 229 g/mol. The van der Waals surface area contributed by atoms with Crippen molar-refractivity contribution in [1.29, 1.82) is 0 Å². The number of hydrogen-bond acceptors (Lipinski definition) is 2. The zero-order valence-electron chi connectivity index (χ0n) is 8.44. The van der Waals surface area contributed by atoms with Crippen LogP contribution in [0.15, 0.2) is 0 Å². The van der Waals surface area contributed by atoms with Gasteiger partial charge in [-0.2, -0.15) is 0 Å². The van der Waals surface area contributed by atoms with Crippen molar-refractivity contribution in [3.8, 4) is 0 Å². The summed E-state index contributed by atoms with van der Waals surface area (Å²) in [6.45, 7) is 1.50. The van der Waals surface area contributed by atoms with E-state index in [1.165, 1.54) is 0 Å². The largest absolute Gasteiger partial charge is 0.420 e. The van der Waals surface area contributed by atoms with Gasteiger partial charge in [-0.3, -0.25) is 0 Å². The minimum absolute atomic E-state index is 0. The van der Waals surface area contributed by atoms with Crippen molar-refractivity contribution in [2.75, 3.05) is 6.61 Å². The van der Waals surface area contributed by atoms with Gasteiger partial charge in [-0.1, -0.05) is 6.42 Å². The third kappa shape index (κ3) is 3.98. The molecule has 1 aliphatic heterocycles. The standard InChI is InChI=1S/C8H15F3OSi.H3N/c1-7(9)8(10,11)6-13-5-3-2-4-12-13;/h7,13H,2-6H2,1H3;1H3. The maximum Gasteiger partial charge on any atom is 0.278 e. The van der Waals surface area contributed by atoms with Crippen LogP contribution in [0.4, 0.5) is 13.2 Å². The minimum atomic E-state index is -3.17. The Bertz CT molecular complexity index is 163. The Morgan fingerprint density at radius 3 is 2.50 bits per heavy atom. The van der Waals surface area contributed by atoms with E-state index in [-0.39, 0.29) is 12.2 Å². The highest BCUT2D eigenvalue weighted by molar-refractivity contribution is 6.52. The maximum atomic E-state index is 12.9. The summed E-state index contributed by atoms with van der Waals surface area (Å²) in [5.74, 6) is -3.17. The van der Waals surface area contributed by atoms with E-state index < -0.39 is 21.1 Å². The van der Waals surface area contributed by atoms with Gasteiger partial charge in [-0.15, -0.1) is 0 Å². The topological polar surface area (TPSA) is 44.2 Å². The highest BCUT2D eigenvalue weighted by Crippen LogP contribution is 2.30. The van der Waals surface area contributed by atoms with E-state index >= 15 is 0 Å². The first-order chi connectivity index (χ1) is 6.02. The van der Waals surface area contributed by atoms with Gasteiger partial charge in [0.2, 0.25) is 0 Å². The summed E-state index contributed by atoms with van der Waals surface area (Å²) in [5.41, 5.74) is 0. The second-order valence-corrected chi connectivity index (χ2v) is 6.13. The van der Waals surface area contributed by atoms with Crippen LogP contribution in [0.5, 0.6) is 0 Å². The van der Waals surface area contributed by atoms with Crippen LogP contribution in [0.2, 0.25) is 12.1 Å². The Hall–Kier alpha value is -0.0731. The van der Waals surface area contributed by atoms with E-state index in [1.54, 1.807) is 0 Å². The quantitative estimate of drug-likeness (QED) is 0.756. The van der Waals surface area contributed by atoms with Gasteiger partial charge in [0.05, 0.1) is 0 Å². The SMILES string of the molecule is CC(F)C(F)(F)C[SiH]1CCCCO1.N. The molecule has 1 saturated heterocycles. The predicted octanol–water partition coefficient (Wildman–Crippen LogP) is 2.68. The molecule has 0 aromatic heterocycles. The van der Waals surface area contributed by atoms with Crippen LogP contribution < -0.4 is 6.15 Å². The van der Waals surface area contributed by atoms with Crippen LogP contribution in [-0.4, -0.2) is 27.7 Å². The molecule has 0 aromatic carbocycles. The zero-order valence-corrected chi connectivity index (χ0v) is 9.59. The van der Waals surface area contributed by atoms with E-state index in [9.17, 15) is 13.2 Å². The third-order valence-corrected chi connectivity index (χ3v) is 5.11. The second kappa shape index (κ2) is 5.72. The lowest BCUT2D eigenvalue weighted by atomic mass is 10.3. The highest BCUT2D eigenvalue weighted by atomic mass is 28.3. The predicted molar refractivity (Wildman–Crippen MR) is 52.5 cm³/mol. The van der Waals surface area contributed by atoms with Crippen molar-refractivity contribution in [2.45, 2.75) is 43.9 Å². The molecule has 0 aliphatic carbocycles. The monoisotopic (exact) mass is 229 g/mol. The van der Waals surface area contributed by atoms with Crippen LogP contribution >= 0.6 is 0 Å². The number of rotatable bonds is 3. The first kappa shape index (κ1) is 13.9. The lowest BCUT2D eigenvalue weighted by Gasteiger charge is -2.26. The molecule has 0 aromatic rings. The van der Waals surface area contributed by atoms with Gasteiger partial charge in [0.1, 0.15) is 0 Å². The molecule has 0 radical (unpaired) electrons. The molecule has 86 valence electrons. The molecule has 3 N–H and O–H groups in total. The van der Waals surface area contributed by atoms with Crippen molar-refractivity contribution in [1.82, 2.24) is 6.15 Å². The van der Waals surface area contributed by atoms with Crippen molar-refractivity contribution in [2.24, 2.45) is 0 Å². The first-order valence-corrected chi connectivity index (χ1v) is 6.76. The van der Waals surface area contributed by atoms with Crippen molar-refractivity contribution < 1.29 is 17.6 Å². The summed E-state index contributed by atoms with van der Waals surface area (Å²) < 4.78 is 43.5. The van der Waals surface area contributed by atoms with Gasteiger partial charge in [0.25, 0.3) is 5.92 Å². The van der Waals surface area contributed by atoms with E-state index in [0.29, 0.717) is 6.61 Å². The van der Waals surface area contributed by atoms with Gasteiger partial charge >= 0.3 is 0 Å². The molecule has 1 heterocycles. The van der Waals surface area contributed by atoms with Crippen LogP contribution in [-0.2, 0) is 4.43 Å². The van der Waals surface area contributed by atoms with Crippen molar-refractivity contribution >= 4 is 9.04 Å². The molecular formula is C8H18F3NOSi. The van der Waals surface area contributed by atoms with Crippen LogP contribution in [0.25, 0.3) is 0 Å². The fourth-order valence-electron chi connectivity index (χ4n) is 1.43. The van der Waals surface area contributed by atoms with Gasteiger partial charge in [0, 0.05) is 12.7 Å². The smallest absolute Gasteiger partial charge is 0.278 e. The molecule has 6 heteroatoms. The fraction of sp³-hybridized carbons (Fsp3) is 1.00. The molecule has 0 spiro atoms. The van der Waals surface area contributed by atoms with Crippen LogP contribution in [0, 0.1) is 0 Å². The first-order valence-electron chi connectivity index (χ1n) is 4.66. The molecule has 0 amide bonds. The van der Waals surface area contributed by atoms with E-state index in [0.717, 1.165) is 25.8 Å². The molecular weight excluding hydrogens is 211 g/mol. The number of hydrogen-bond donors (Lipinski definition) is 1. The molecule has 1 rings (SSSR count). The van der Waals surface area contributed by atoms with Gasteiger partial charge in [-0.05, 0) is 19.4 Å². The van der Waals surface area contributed by atoms with E-state index in [4.69, 9.17) is 4.43 Å². The van der Waals surface area contributed by atoms with Crippen LogP contribution in [0.3, 0.4) is 0 Å². The lowest BCUT2D eigenvalue weighted by Crippen LogP contribution is -2.36. The summed E-state index contributed by atoms with van der Waals surface area (Å²) in [5, 5.41) is 0. The van der Waals surface area contributed by atoms with Gasteiger partial charge in [0.15, 0.2) is 15.2 Å². The Labute approximate surface area is 84.1 Å². The maximum absolute atomic E-state index is 12.9. The normalized spacial score (nSPS) is 25.3. The summed E-state index contributed by atoms with van der Waals surface area (Å²) in [6.07, 6.45) is -0.126. The summed E-state index contributed by atoms with van der Waals surface area (Å²) in [6, 6.07) is 0.424. The molecule has 2 unspecified atom stereocenters. The number of alkyl halides is 3. The average Bonchev–Trinajstić information content (AvgIpc) is 2.05. The molecule has 2 atom stereocenters. The minimum Gasteiger partial charge on any atom is -0.420 e. The highest BCUT2D eigenvalue weighted by Gasteiger charge is 2.40. The summed E-state index contributed by atoms with van der Waals surface area (Å²) in [7, 11) is -1.80.